The van der Waals surface area contributed by atoms with Crippen molar-refractivity contribution in [3.05, 3.63) is 77.4 Å². The number of allylic oxidation sites excluding steroid dienone is 2. The van der Waals surface area contributed by atoms with Crippen LogP contribution >= 0.6 is 0 Å². The number of carbonyl (C=O) groups is 1. The van der Waals surface area contributed by atoms with Crippen LogP contribution < -0.4 is 0 Å². The lowest BCUT2D eigenvalue weighted by Gasteiger charge is -2.17. The lowest BCUT2D eigenvalue weighted by Crippen LogP contribution is -2.17. The Morgan fingerprint density at radius 2 is 1.45 bits per heavy atom. The van der Waals surface area contributed by atoms with E-state index < -0.39 is 17.9 Å². The summed E-state index contributed by atoms with van der Waals surface area (Å²) in [4.78, 5) is 12.0. The molecule has 0 bridgehead atoms. The van der Waals surface area contributed by atoms with Gasteiger partial charge in [-0.15, -0.1) is 0 Å². The average Bonchev–Trinajstić information content (AvgIpc) is 2.73. The molecule has 0 aliphatic heterocycles. The SMILES string of the molecule is CC1=C(c2ccccc2)[C@H](c2ccccc2)[C@@H](F)C1=O. The topological polar surface area (TPSA) is 17.1 Å². The van der Waals surface area contributed by atoms with Crippen LogP contribution in [0.15, 0.2) is 66.2 Å². The maximum Gasteiger partial charge on any atom is 0.193 e. The quantitative estimate of drug-likeness (QED) is 0.797. The summed E-state index contributed by atoms with van der Waals surface area (Å²) in [7, 11) is 0. The van der Waals surface area contributed by atoms with Crippen LogP contribution in [0.4, 0.5) is 4.39 Å². The molecule has 0 N–H and O–H groups in total. The van der Waals surface area contributed by atoms with Crippen molar-refractivity contribution in [2.24, 2.45) is 0 Å². The monoisotopic (exact) mass is 266 g/mol. The molecule has 1 aliphatic carbocycles. The third-order valence-electron chi connectivity index (χ3n) is 3.87. The molecule has 2 aromatic carbocycles. The maximum atomic E-state index is 14.5. The van der Waals surface area contributed by atoms with Crippen LogP contribution in [0.25, 0.3) is 5.57 Å². The van der Waals surface area contributed by atoms with Gasteiger partial charge in [-0.1, -0.05) is 60.7 Å². The van der Waals surface area contributed by atoms with Crippen molar-refractivity contribution in [2.75, 3.05) is 0 Å². The second-order valence-electron chi connectivity index (χ2n) is 5.06. The molecule has 0 amide bonds. The molecule has 0 radical (unpaired) electrons. The summed E-state index contributed by atoms with van der Waals surface area (Å²) < 4.78 is 14.5. The fraction of sp³-hybridized carbons (Fsp3) is 0.167. The second-order valence-corrected chi connectivity index (χ2v) is 5.06. The van der Waals surface area contributed by atoms with Crippen LogP contribution in [0.3, 0.4) is 0 Å². The molecule has 0 saturated heterocycles. The predicted octanol–water partition coefficient (Wildman–Crippen LogP) is 4.16. The minimum absolute atomic E-state index is 0.391. The number of Topliss-reactive ketones (excluding diaryl/α,β-unsaturated/α-hetero) is 1. The lowest BCUT2D eigenvalue weighted by molar-refractivity contribution is -0.119. The number of benzene rings is 2. The second kappa shape index (κ2) is 5.04. The van der Waals surface area contributed by atoms with Crippen molar-refractivity contribution >= 4 is 11.4 Å². The van der Waals surface area contributed by atoms with E-state index in [1.807, 2.05) is 60.7 Å². The summed E-state index contributed by atoms with van der Waals surface area (Å²) in [6.07, 6.45) is -1.48. The van der Waals surface area contributed by atoms with Crippen molar-refractivity contribution < 1.29 is 9.18 Å². The summed E-state index contributed by atoms with van der Waals surface area (Å²) >= 11 is 0. The number of hydrogen-bond donors (Lipinski definition) is 0. The van der Waals surface area contributed by atoms with Crippen LogP contribution in [0, 0.1) is 0 Å². The van der Waals surface area contributed by atoms with E-state index in [0.29, 0.717) is 5.57 Å². The van der Waals surface area contributed by atoms with Crippen LogP contribution in [0.1, 0.15) is 24.0 Å². The zero-order valence-corrected chi connectivity index (χ0v) is 11.2. The molecule has 2 heteroatoms. The van der Waals surface area contributed by atoms with E-state index in [1.54, 1.807) is 6.92 Å². The van der Waals surface area contributed by atoms with E-state index in [1.165, 1.54) is 0 Å². The molecule has 100 valence electrons. The van der Waals surface area contributed by atoms with Crippen molar-refractivity contribution in [3.8, 4) is 0 Å². The number of carbonyl (C=O) groups excluding carboxylic acids is 1. The third kappa shape index (κ3) is 1.97. The third-order valence-corrected chi connectivity index (χ3v) is 3.87. The van der Waals surface area contributed by atoms with Gasteiger partial charge >= 0.3 is 0 Å². The Kier molecular flexibility index (Phi) is 3.23. The first kappa shape index (κ1) is 12.8. The highest BCUT2D eigenvalue weighted by Gasteiger charge is 2.41. The van der Waals surface area contributed by atoms with Gasteiger partial charge in [0, 0.05) is 5.92 Å². The summed E-state index contributed by atoms with van der Waals surface area (Å²) in [6, 6.07) is 19.0. The van der Waals surface area contributed by atoms with Crippen molar-refractivity contribution in [1.29, 1.82) is 0 Å². The molecule has 0 spiro atoms. The van der Waals surface area contributed by atoms with Gasteiger partial charge in [-0.25, -0.2) is 4.39 Å². The molecule has 3 rings (SSSR count). The molecule has 0 saturated carbocycles. The van der Waals surface area contributed by atoms with E-state index >= 15 is 0 Å². The Hall–Kier alpha value is -2.22. The largest absolute Gasteiger partial charge is 0.291 e. The van der Waals surface area contributed by atoms with Gasteiger partial charge in [-0.2, -0.15) is 0 Å². The molecule has 0 unspecified atom stereocenters. The molecule has 1 aliphatic rings. The van der Waals surface area contributed by atoms with Crippen LogP contribution in [0.2, 0.25) is 0 Å². The van der Waals surface area contributed by atoms with Crippen molar-refractivity contribution in [3.63, 3.8) is 0 Å². The zero-order chi connectivity index (χ0) is 14.1. The van der Waals surface area contributed by atoms with E-state index in [2.05, 4.69) is 0 Å². The van der Waals surface area contributed by atoms with E-state index in [0.717, 1.165) is 16.7 Å². The van der Waals surface area contributed by atoms with E-state index in [9.17, 15) is 9.18 Å². The lowest BCUT2D eigenvalue weighted by atomic mass is 9.87. The number of ketones is 1. The smallest absolute Gasteiger partial charge is 0.193 e. The summed E-state index contributed by atoms with van der Waals surface area (Å²) in [5.74, 6) is -0.885. The highest BCUT2D eigenvalue weighted by atomic mass is 19.1. The Bertz CT molecular complexity index is 658. The zero-order valence-electron chi connectivity index (χ0n) is 11.2. The molecule has 2 atom stereocenters. The first-order valence-corrected chi connectivity index (χ1v) is 6.69. The average molecular weight is 266 g/mol. The van der Waals surface area contributed by atoms with Gasteiger partial charge < -0.3 is 0 Å². The van der Waals surface area contributed by atoms with Crippen molar-refractivity contribution in [1.82, 2.24) is 0 Å². The summed E-state index contributed by atoms with van der Waals surface area (Å²) in [5, 5.41) is 0. The highest BCUT2D eigenvalue weighted by Crippen LogP contribution is 2.44. The van der Waals surface area contributed by atoms with Gasteiger partial charge in [0.25, 0.3) is 0 Å². The highest BCUT2D eigenvalue weighted by molar-refractivity contribution is 6.11. The maximum absolute atomic E-state index is 14.5. The Balaban J connectivity index is 2.15. The first-order chi connectivity index (χ1) is 9.70. The Morgan fingerprint density at radius 3 is 2.05 bits per heavy atom. The molecule has 20 heavy (non-hydrogen) atoms. The van der Waals surface area contributed by atoms with Crippen LogP contribution in [-0.2, 0) is 4.79 Å². The van der Waals surface area contributed by atoms with Gasteiger partial charge in [0.05, 0.1) is 0 Å². The van der Waals surface area contributed by atoms with Crippen LogP contribution in [-0.4, -0.2) is 12.0 Å². The summed E-state index contributed by atoms with van der Waals surface area (Å²) in [5.41, 5.74) is 3.13. The summed E-state index contributed by atoms with van der Waals surface area (Å²) in [6.45, 7) is 1.72. The molecular weight excluding hydrogens is 251 g/mol. The molecular formula is C18H15FO. The predicted molar refractivity (Wildman–Crippen MR) is 78.1 cm³/mol. The van der Waals surface area contributed by atoms with Gasteiger partial charge in [0.1, 0.15) is 0 Å². The fourth-order valence-electron chi connectivity index (χ4n) is 2.88. The van der Waals surface area contributed by atoms with Gasteiger partial charge in [-0.3, -0.25) is 4.79 Å². The number of alkyl halides is 1. The minimum Gasteiger partial charge on any atom is -0.291 e. The standard InChI is InChI=1S/C18H15FO/c1-12-15(13-8-4-2-5-9-13)16(17(19)18(12)20)14-10-6-3-7-11-14/h2-11,16-17H,1H3/t16-,17+/m0/s1. The van der Waals surface area contributed by atoms with Gasteiger partial charge in [0.2, 0.25) is 0 Å². The Labute approximate surface area is 117 Å². The molecule has 0 aromatic heterocycles. The Morgan fingerprint density at radius 1 is 0.900 bits per heavy atom. The van der Waals surface area contributed by atoms with Gasteiger partial charge in [0.15, 0.2) is 12.0 Å². The normalized spacial score (nSPS) is 22.4. The van der Waals surface area contributed by atoms with Gasteiger partial charge in [-0.05, 0) is 29.2 Å². The minimum atomic E-state index is -1.48. The first-order valence-electron chi connectivity index (χ1n) is 6.69. The number of hydrogen-bond acceptors (Lipinski definition) is 1. The van der Waals surface area contributed by atoms with E-state index in [4.69, 9.17) is 0 Å². The van der Waals surface area contributed by atoms with E-state index in [-0.39, 0.29) is 0 Å². The van der Waals surface area contributed by atoms with Crippen molar-refractivity contribution in [2.45, 2.75) is 19.0 Å². The number of halogens is 1. The molecule has 2 aromatic rings. The van der Waals surface area contributed by atoms with Crippen LogP contribution in [0.5, 0.6) is 0 Å². The molecule has 1 nitrogen and oxygen atoms in total. The molecule has 0 fully saturated rings. The fourth-order valence-corrected chi connectivity index (χ4v) is 2.88. The number of rotatable bonds is 2. The molecule has 0 heterocycles.